The first kappa shape index (κ1) is 27.2. The molecule has 0 fully saturated rings. The first-order valence-corrected chi connectivity index (χ1v) is 11.5. The van der Waals surface area contributed by atoms with Gasteiger partial charge in [0.2, 0.25) is 12.2 Å². The van der Waals surface area contributed by atoms with Crippen LogP contribution in [0.2, 0.25) is 0 Å². The smallest absolute Gasteiger partial charge is 0.534 e. The number of para-hydroxylation sites is 1. The third kappa shape index (κ3) is 8.05. The molecule has 0 aromatic heterocycles. The van der Waals surface area contributed by atoms with E-state index in [2.05, 4.69) is 5.32 Å². The maximum absolute atomic E-state index is 12.7. The number of nitrogens with one attached hydrogen (secondary N) is 1. The van der Waals surface area contributed by atoms with E-state index in [4.69, 9.17) is 18.9 Å². The van der Waals surface area contributed by atoms with Crippen molar-refractivity contribution in [2.24, 2.45) is 0 Å². The Morgan fingerprint density at radius 2 is 1.91 bits per heavy atom. The number of Topliss-reactive ketones (excluding diaryl/α,β-unsaturated/α-hetero) is 1. The number of hydrogen-bond donors (Lipinski definition) is 2. The normalized spacial score (nSPS) is 16.4. The molecule has 0 saturated carbocycles. The lowest BCUT2D eigenvalue weighted by molar-refractivity contribution is -0.124. The van der Waals surface area contributed by atoms with Gasteiger partial charge in [-0.1, -0.05) is 32.4 Å². The van der Waals surface area contributed by atoms with Crippen LogP contribution in [0.3, 0.4) is 0 Å². The molecule has 186 valence electrons. The Morgan fingerprint density at radius 3 is 2.56 bits per heavy atom. The standard InChI is InChI=1S/C23H32BNO9/c1-5-8-17(6-2)33-23(29)32-15(4)31-22(28)18-10-7-9-16-13-19(24(30)34-21(16)18)25-20(27)12-11-14(3)26/h7,9-10,15,17,19,30H,5-6,8,11-13H2,1-4H3,(H,25,27)/t15?,17?,19-/m0/s1. The van der Waals surface area contributed by atoms with Crippen molar-refractivity contribution in [2.45, 2.75) is 84.6 Å². The highest BCUT2D eigenvalue weighted by Gasteiger charge is 2.38. The predicted molar refractivity (Wildman–Crippen MR) is 122 cm³/mol. The summed E-state index contributed by atoms with van der Waals surface area (Å²) in [6.07, 6.45) is 0.110. The molecule has 1 amide bonds. The molecular formula is C23H32BNO9. The second-order valence-corrected chi connectivity index (χ2v) is 8.16. The van der Waals surface area contributed by atoms with Crippen LogP contribution in [-0.2, 0) is 30.2 Å². The van der Waals surface area contributed by atoms with Gasteiger partial charge in [-0.2, -0.15) is 0 Å². The van der Waals surface area contributed by atoms with Gasteiger partial charge in [-0.15, -0.1) is 0 Å². The van der Waals surface area contributed by atoms with Crippen molar-refractivity contribution in [3.8, 4) is 5.75 Å². The minimum Gasteiger partial charge on any atom is -0.534 e. The van der Waals surface area contributed by atoms with Crippen molar-refractivity contribution in [3.05, 3.63) is 29.3 Å². The Balaban J connectivity index is 1.99. The fraction of sp³-hybridized carbons (Fsp3) is 0.565. The average molecular weight is 477 g/mol. The molecule has 0 aliphatic carbocycles. The molecule has 1 heterocycles. The molecule has 0 radical (unpaired) electrons. The quantitative estimate of drug-likeness (QED) is 0.280. The Kier molecular flexibility index (Phi) is 10.4. The monoisotopic (exact) mass is 477 g/mol. The topological polar surface area (TPSA) is 137 Å². The largest absolute Gasteiger partial charge is 0.547 e. The molecule has 1 aromatic rings. The van der Waals surface area contributed by atoms with Crippen molar-refractivity contribution in [1.29, 1.82) is 0 Å². The van der Waals surface area contributed by atoms with E-state index in [0.29, 0.717) is 18.4 Å². The maximum Gasteiger partial charge on any atom is 0.547 e. The van der Waals surface area contributed by atoms with Gasteiger partial charge in [0, 0.05) is 19.8 Å². The maximum atomic E-state index is 12.7. The summed E-state index contributed by atoms with van der Waals surface area (Å²) >= 11 is 0. The van der Waals surface area contributed by atoms with Gasteiger partial charge in [-0.25, -0.2) is 9.59 Å². The highest BCUT2D eigenvalue weighted by Crippen LogP contribution is 2.31. The van der Waals surface area contributed by atoms with Gasteiger partial charge in [-0.05, 0) is 37.8 Å². The fourth-order valence-electron chi connectivity index (χ4n) is 3.48. The summed E-state index contributed by atoms with van der Waals surface area (Å²) in [6.45, 7) is 6.65. The summed E-state index contributed by atoms with van der Waals surface area (Å²) in [5.41, 5.74) is 0.620. The highest BCUT2D eigenvalue weighted by atomic mass is 16.8. The van der Waals surface area contributed by atoms with Crippen LogP contribution in [0.5, 0.6) is 5.75 Å². The number of rotatable bonds is 11. The van der Waals surface area contributed by atoms with Crippen LogP contribution in [0.15, 0.2) is 18.2 Å². The van der Waals surface area contributed by atoms with Gasteiger partial charge >= 0.3 is 19.2 Å². The van der Waals surface area contributed by atoms with E-state index in [1.807, 2.05) is 13.8 Å². The molecule has 1 aliphatic rings. The van der Waals surface area contributed by atoms with Crippen LogP contribution in [0, 0.1) is 0 Å². The van der Waals surface area contributed by atoms with Crippen LogP contribution in [0.1, 0.15) is 75.7 Å². The molecule has 3 atom stereocenters. The SMILES string of the molecule is CCCC(CC)OC(=O)OC(C)OC(=O)c1cccc2c1OB(O)[C@@H](NC(=O)CCC(C)=O)C2. The number of fused-ring (bicyclic) bond motifs is 1. The van der Waals surface area contributed by atoms with E-state index < -0.39 is 31.5 Å². The first-order chi connectivity index (χ1) is 16.1. The molecule has 2 rings (SSSR count). The second kappa shape index (κ2) is 13.0. The number of carbonyl (C=O) groups is 4. The van der Waals surface area contributed by atoms with Crippen LogP contribution in [-0.4, -0.2) is 54.3 Å². The molecular weight excluding hydrogens is 445 g/mol. The number of esters is 1. The Morgan fingerprint density at radius 1 is 1.18 bits per heavy atom. The van der Waals surface area contributed by atoms with E-state index in [0.717, 1.165) is 6.42 Å². The third-order valence-corrected chi connectivity index (χ3v) is 5.25. The van der Waals surface area contributed by atoms with E-state index in [9.17, 15) is 24.2 Å². The number of carbonyl (C=O) groups excluding carboxylic acids is 4. The fourth-order valence-corrected chi connectivity index (χ4v) is 3.48. The van der Waals surface area contributed by atoms with Crippen molar-refractivity contribution < 1.29 is 43.1 Å². The van der Waals surface area contributed by atoms with Gasteiger partial charge in [0.05, 0.1) is 5.94 Å². The number of ketones is 1. The van der Waals surface area contributed by atoms with Crippen molar-refractivity contribution >= 4 is 30.9 Å². The molecule has 2 N–H and O–H groups in total. The van der Waals surface area contributed by atoms with Crippen LogP contribution in [0.4, 0.5) is 4.79 Å². The average Bonchev–Trinajstić information content (AvgIpc) is 2.77. The molecule has 11 heteroatoms. The molecule has 34 heavy (non-hydrogen) atoms. The Labute approximate surface area is 199 Å². The second-order valence-electron chi connectivity index (χ2n) is 8.16. The van der Waals surface area contributed by atoms with Crippen LogP contribution >= 0.6 is 0 Å². The van der Waals surface area contributed by atoms with Crippen LogP contribution in [0.25, 0.3) is 0 Å². The third-order valence-electron chi connectivity index (χ3n) is 5.25. The van der Waals surface area contributed by atoms with Crippen molar-refractivity contribution in [2.75, 3.05) is 0 Å². The molecule has 1 aromatic carbocycles. The zero-order chi connectivity index (χ0) is 25.3. The summed E-state index contributed by atoms with van der Waals surface area (Å²) in [7, 11) is -1.41. The molecule has 0 saturated heterocycles. The predicted octanol–water partition coefficient (Wildman–Crippen LogP) is 2.73. The lowest BCUT2D eigenvalue weighted by atomic mass is 9.72. The van der Waals surface area contributed by atoms with Gasteiger partial charge in [0.1, 0.15) is 23.2 Å². The first-order valence-electron chi connectivity index (χ1n) is 11.5. The molecule has 2 unspecified atom stereocenters. The molecule has 1 aliphatic heterocycles. The van der Waals surface area contributed by atoms with Gasteiger partial charge in [0.25, 0.3) is 0 Å². The van der Waals surface area contributed by atoms with Crippen molar-refractivity contribution in [1.82, 2.24) is 5.32 Å². The zero-order valence-electron chi connectivity index (χ0n) is 20.0. The Bertz CT molecular complexity index is 891. The number of ether oxygens (including phenoxy) is 3. The molecule has 0 bridgehead atoms. The summed E-state index contributed by atoms with van der Waals surface area (Å²) < 4.78 is 21.0. The lowest BCUT2D eigenvalue weighted by Gasteiger charge is -2.29. The van der Waals surface area contributed by atoms with Gasteiger partial charge in [0.15, 0.2) is 0 Å². The van der Waals surface area contributed by atoms with Crippen LogP contribution < -0.4 is 9.97 Å². The van der Waals surface area contributed by atoms with Gasteiger partial charge in [-0.3, -0.25) is 4.79 Å². The summed E-state index contributed by atoms with van der Waals surface area (Å²) in [5, 5.41) is 13.0. The zero-order valence-corrected chi connectivity index (χ0v) is 20.0. The minimum absolute atomic E-state index is 0.00947. The summed E-state index contributed by atoms with van der Waals surface area (Å²) in [6, 6.07) is 4.77. The van der Waals surface area contributed by atoms with Crippen molar-refractivity contribution in [3.63, 3.8) is 0 Å². The Hall–Kier alpha value is -3.08. The summed E-state index contributed by atoms with van der Waals surface area (Å²) in [5.74, 6) is -1.93. The summed E-state index contributed by atoms with van der Waals surface area (Å²) in [4.78, 5) is 47.7. The minimum atomic E-state index is -1.41. The van der Waals surface area contributed by atoms with E-state index in [1.165, 1.54) is 19.9 Å². The van der Waals surface area contributed by atoms with E-state index >= 15 is 0 Å². The number of hydrogen-bond acceptors (Lipinski definition) is 9. The highest BCUT2D eigenvalue weighted by molar-refractivity contribution is 6.47. The number of amides is 1. The molecule has 0 spiro atoms. The lowest BCUT2D eigenvalue weighted by Crippen LogP contribution is -2.53. The number of benzene rings is 1. The van der Waals surface area contributed by atoms with Gasteiger partial charge < -0.3 is 34.0 Å². The van der Waals surface area contributed by atoms with E-state index in [1.54, 1.807) is 12.1 Å². The van der Waals surface area contributed by atoms with E-state index in [-0.39, 0.29) is 48.4 Å². The molecule has 10 nitrogen and oxygen atoms in total.